The number of para-hydroxylation sites is 1. The van der Waals surface area contributed by atoms with Gasteiger partial charge in [-0.3, -0.25) is 14.6 Å². The second kappa shape index (κ2) is 7.84. The van der Waals surface area contributed by atoms with E-state index >= 15 is 0 Å². The van der Waals surface area contributed by atoms with Crippen molar-refractivity contribution in [3.63, 3.8) is 0 Å². The molecule has 0 radical (unpaired) electrons. The average molecular weight is 404 g/mol. The first-order chi connectivity index (χ1) is 14.5. The maximum atomic E-state index is 13.1. The average Bonchev–Trinajstić information content (AvgIpc) is 3.09. The number of H-pyrrole nitrogens is 1. The van der Waals surface area contributed by atoms with Crippen LogP contribution < -0.4 is 22.3 Å². The Morgan fingerprint density at radius 3 is 2.57 bits per heavy atom. The Morgan fingerprint density at radius 2 is 1.83 bits per heavy atom. The van der Waals surface area contributed by atoms with Crippen LogP contribution in [0.5, 0.6) is 0 Å². The van der Waals surface area contributed by atoms with Crippen molar-refractivity contribution in [3.05, 3.63) is 97.9 Å². The number of hydrogen-bond donors (Lipinski definition) is 3. The van der Waals surface area contributed by atoms with Crippen molar-refractivity contribution >= 4 is 17.0 Å². The number of amides is 1. The van der Waals surface area contributed by atoms with Gasteiger partial charge in [-0.2, -0.15) is 0 Å². The van der Waals surface area contributed by atoms with Crippen LogP contribution in [0.3, 0.4) is 0 Å². The second-order valence-corrected chi connectivity index (χ2v) is 6.85. The van der Waals surface area contributed by atoms with Crippen LogP contribution in [0.2, 0.25) is 0 Å². The molecular weight excluding hydrogens is 384 g/mol. The van der Waals surface area contributed by atoms with Gasteiger partial charge in [0, 0.05) is 13.1 Å². The van der Waals surface area contributed by atoms with E-state index in [9.17, 15) is 14.4 Å². The van der Waals surface area contributed by atoms with Crippen LogP contribution in [-0.4, -0.2) is 15.5 Å². The smallest absolute Gasteiger partial charge is 0.335 e. The first-order valence-corrected chi connectivity index (χ1v) is 9.39. The van der Waals surface area contributed by atoms with Crippen molar-refractivity contribution in [2.45, 2.75) is 20.0 Å². The topological polar surface area (TPSA) is 123 Å². The highest BCUT2D eigenvalue weighted by atomic mass is 16.3. The van der Waals surface area contributed by atoms with E-state index in [2.05, 4.69) is 10.3 Å². The summed E-state index contributed by atoms with van der Waals surface area (Å²) in [4.78, 5) is 41.1. The Kier molecular flexibility index (Phi) is 5.07. The Bertz CT molecular complexity index is 1350. The SMILES string of the molecule is Cc1oc2[nH]c(=O)n(-c3ccccc3)c(=O)c2c1C(=O)NCc1cccc(CN)c1. The van der Waals surface area contributed by atoms with E-state index in [-0.39, 0.29) is 29.0 Å². The van der Waals surface area contributed by atoms with Crippen molar-refractivity contribution in [2.24, 2.45) is 5.73 Å². The molecule has 2 heterocycles. The summed E-state index contributed by atoms with van der Waals surface area (Å²) in [5, 5.41) is 2.84. The lowest BCUT2D eigenvalue weighted by molar-refractivity contribution is 0.0950. The molecule has 4 aromatic rings. The fraction of sp³-hybridized carbons (Fsp3) is 0.136. The number of nitrogens with zero attached hydrogens (tertiary/aromatic N) is 1. The molecule has 0 spiro atoms. The second-order valence-electron chi connectivity index (χ2n) is 6.85. The molecule has 2 aromatic heterocycles. The Morgan fingerprint density at radius 1 is 1.10 bits per heavy atom. The lowest BCUT2D eigenvalue weighted by atomic mass is 10.1. The number of carbonyl (C=O) groups is 1. The third-order valence-electron chi connectivity index (χ3n) is 4.85. The molecule has 0 aliphatic heterocycles. The lowest BCUT2D eigenvalue weighted by Crippen LogP contribution is -2.34. The van der Waals surface area contributed by atoms with E-state index in [0.29, 0.717) is 12.2 Å². The number of nitrogens with one attached hydrogen (secondary N) is 2. The molecule has 8 nitrogen and oxygen atoms in total. The first-order valence-electron chi connectivity index (χ1n) is 9.39. The maximum absolute atomic E-state index is 13.1. The van der Waals surface area contributed by atoms with Gasteiger partial charge in [-0.1, -0.05) is 42.5 Å². The molecule has 0 saturated heterocycles. The number of nitrogens with two attached hydrogens (primary N) is 1. The van der Waals surface area contributed by atoms with Crippen molar-refractivity contribution < 1.29 is 9.21 Å². The number of aromatic amines is 1. The highest BCUT2D eigenvalue weighted by Gasteiger charge is 2.24. The lowest BCUT2D eigenvalue weighted by Gasteiger charge is -2.07. The fourth-order valence-electron chi connectivity index (χ4n) is 3.42. The van der Waals surface area contributed by atoms with Gasteiger partial charge >= 0.3 is 5.69 Å². The zero-order chi connectivity index (χ0) is 21.3. The Hall–Kier alpha value is -3.91. The molecule has 8 heteroatoms. The van der Waals surface area contributed by atoms with Crippen molar-refractivity contribution in [1.82, 2.24) is 14.9 Å². The molecule has 0 saturated carbocycles. The molecule has 0 bridgehead atoms. The highest BCUT2D eigenvalue weighted by molar-refractivity contribution is 6.06. The van der Waals surface area contributed by atoms with E-state index in [4.69, 9.17) is 10.2 Å². The van der Waals surface area contributed by atoms with E-state index < -0.39 is 17.2 Å². The monoisotopic (exact) mass is 404 g/mol. The summed E-state index contributed by atoms with van der Waals surface area (Å²) >= 11 is 0. The Balaban J connectivity index is 1.75. The van der Waals surface area contributed by atoms with Crippen LogP contribution in [0.15, 0.2) is 68.6 Å². The predicted molar refractivity (Wildman–Crippen MR) is 113 cm³/mol. The summed E-state index contributed by atoms with van der Waals surface area (Å²) in [5.41, 5.74) is 6.71. The van der Waals surface area contributed by atoms with Crippen LogP contribution in [0.25, 0.3) is 16.8 Å². The van der Waals surface area contributed by atoms with Crippen molar-refractivity contribution in [3.8, 4) is 5.69 Å². The summed E-state index contributed by atoms with van der Waals surface area (Å²) in [5.74, 6) is -0.218. The van der Waals surface area contributed by atoms with Gasteiger partial charge in [0.2, 0.25) is 5.71 Å². The summed E-state index contributed by atoms with van der Waals surface area (Å²) in [6, 6.07) is 16.0. The minimum atomic E-state index is -0.641. The van der Waals surface area contributed by atoms with E-state index in [1.54, 1.807) is 37.3 Å². The molecule has 4 rings (SSSR count). The number of carbonyl (C=O) groups excluding carboxylic acids is 1. The van der Waals surface area contributed by atoms with Gasteiger partial charge in [0.1, 0.15) is 11.1 Å². The fourth-order valence-corrected chi connectivity index (χ4v) is 3.42. The molecule has 30 heavy (non-hydrogen) atoms. The van der Waals surface area contributed by atoms with Gasteiger partial charge in [-0.05, 0) is 30.2 Å². The number of rotatable bonds is 5. The summed E-state index contributed by atoms with van der Waals surface area (Å²) in [7, 11) is 0. The largest absolute Gasteiger partial charge is 0.444 e. The van der Waals surface area contributed by atoms with E-state index in [1.165, 1.54) is 0 Å². The number of fused-ring (bicyclic) bond motifs is 1. The molecule has 152 valence electrons. The Labute approximate surface area is 171 Å². The minimum absolute atomic E-state index is 0.0232. The van der Waals surface area contributed by atoms with Crippen LogP contribution in [-0.2, 0) is 13.1 Å². The van der Waals surface area contributed by atoms with Gasteiger partial charge in [-0.25, -0.2) is 9.36 Å². The number of benzene rings is 2. The van der Waals surface area contributed by atoms with Gasteiger partial charge < -0.3 is 15.5 Å². The summed E-state index contributed by atoms with van der Waals surface area (Å²) in [6.07, 6.45) is 0. The molecular formula is C22H20N4O4. The number of aromatic nitrogens is 2. The quantitative estimate of drug-likeness (QED) is 0.469. The molecule has 0 unspecified atom stereocenters. The van der Waals surface area contributed by atoms with Crippen LogP contribution in [0, 0.1) is 6.92 Å². The van der Waals surface area contributed by atoms with Crippen molar-refractivity contribution in [2.75, 3.05) is 0 Å². The molecule has 0 fully saturated rings. The zero-order valence-corrected chi connectivity index (χ0v) is 16.3. The molecule has 0 aliphatic carbocycles. The highest BCUT2D eigenvalue weighted by Crippen LogP contribution is 2.21. The molecule has 2 aromatic carbocycles. The number of furan rings is 1. The number of hydrogen-bond acceptors (Lipinski definition) is 5. The summed E-state index contributed by atoms with van der Waals surface area (Å²) < 4.78 is 6.50. The van der Waals surface area contributed by atoms with Gasteiger partial charge in [-0.15, -0.1) is 0 Å². The molecule has 0 atom stereocenters. The van der Waals surface area contributed by atoms with Crippen molar-refractivity contribution in [1.29, 1.82) is 0 Å². The number of aryl methyl sites for hydroxylation is 1. The zero-order valence-electron chi connectivity index (χ0n) is 16.3. The third-order valence-corrected chi connectivity index (χ3v) is 4.85. The van der Waals surface area contributed by atoms with Gasteiger partial charge in [0.25, 0.3) is 11.5 Å². The normalized spacial score (nSPS) is 11.0. The van der Waals surface area contributed by atoms with Crippen LogP contribution in [0.1, 0.15) is 27.2 Å². The molecule has 4 N–H and O–H groups in total. The van der Waals surface area contributed by atoms with Crippen LogP contribution in [0.4, 0.5) is 0 Å². The predicted octanol–water partition coefficient (Wildman–Crippen LogP) is 1.97. The van der Waals surface area contributed by atoms with Crippen LogP contribution >= 0.6 is 0 Å². The standard InChI is InChI=1S/C22H20N4O4/c1-13-17(19(27)24-12-15-7-5-6-14(10-15)11-23)18-20(30-13)25-22(29)26(21(18)28)16-8-3-2-4-9-16/h2-10H,11-12,23H2,1H3,(H,24,27)(H,25,29). The molecule has 0 aliphatic rings. The first kappa shape index (κ1) is 19.4. The summed E-state index contributed by atoms with van der Waals surface area (Å²) in [6.45, 7) is 2.24. The maximum Gasteiger partial charge on any atom is 0.335 e. The van der Waals surface area contributed by atoms with E-state index in [0.717, 1.165) is 15.7 Å². The molecule has 1 amide bonds. The van der Waals surface area contributed by atoms with Gasteiger partial charge in [0.05, 0.1) is 11.3 Å². The third kappa shape index (κ3) is 3.44. The van der Waals surface area contributed by atoms with Gasteiger partial charge in [0.15, 0.2) is 0 Å². The minimum Gasteiger partial charge on any atom is -0.444 e. The van der Waals surface area contributed by atoms with E-state index in [1.807, 2.05) is 24.3 Å².